The van der Waals surface area contributed by atoms with Gasteiger partial charge in [-0.25, -0.2) is 9.18 Å². The number of aromatic hydroxyl groups is 1. The first-order valence-electron chi connectivity index (χ1n) is 7.80. The van der Waals surface area contributed by atoms with Gasteiger partial charge < -0.3 is 21.5 Å². The van der Waals surface area contributed by atoms with Gasteiger partial charge in [-0.2, -0.15) is 0 Å². The number of halogens is 1. The largest absolute Gasteiger partial charge is 0.508 e. The average Bonchev–Trinajstić information content (AvgIpc) is 2.56. The van der Waals surface area contributed by atoms with Gasteiger partial charge in [0.25, 0.3) is 0 Å². The van der Waals surface area contributed by atoms with Crippen molar-refractivity contribution in [1.82, 2.24) is 5.32 Å². The van der Waals surface area contributed by atoms with E-state index >= 15 is 0 Å². The molecule has 7 heteroatoms. The van der Waals surface area contributed by atoms with E-state index in [1.165, 1.54) is 12.1 Å². The number of rotatable bonds is 6. The summed E-state index contributed by atoms with van der Waals surface area (Å²) in [5.74, 6) is -1.16. The van der Waals surface area contributed by atoms with Gasteiger partial charge in [0.05, 0.1) is 5.69 Å². The third kappa shape index (κ3) is 5.49. The van der Waals surface area contributed by atoms with Crippen molar-refractivity contribution in [3.05, 3.63) is 59.4 Å². The van der Waals surface area contributed by atoms with Gasteiger partial charge in [-0.3, -0.25) is 4.79 Å². The number of amides is 3. The lowest BCUT2D eigenvalue weighted by Gasteiger charge is -2.15. The zero-order valence-electron chi connectivity index (χ0n) is 13.8. The Balaban J connectivity index is 1.88. The molecule has 132 valence electrons. The zero-order chi connectivity index (χ0) is 18.4. The number of primary amides is 1. The fourth-order valence-electron chi connectivity index (χ4n) is 2.27. The summed E-state index contributed by atoms with van der Waals surface area (Å²) in [5.41, 5.74) is 6.17. The van der Waals surface area contributed by atoms with Crippen LogP contribution in [-0.4, -0.2) is 23.1 Å². The monoisotopic (exact) mass is 345 g/mol. The van der Waals surface area contributed by atoms with Crippen molar-refractivity contribution in [2.75, 3.05) is 5.32 Å². The SMILES string of the molecule is CC(CCc1ccc(O)cc1)NC(=O)Nc1cc(C(N)=O)ccc1F. The number of hydrogen-bond acceptors (Lipinski definition) is 3. The number of phenols is 1. The van der Waals surface area contributed by atoms with Crippen LogP contribution in [0.4, 0.5) is 14.9 Å². The normalized spacial score (nSPS) is 11.6. The van der Waals surface area contributed by atoms with Crippen LogP contribution >= 0.6 is 0 Å². The fourth-order valence-corrected chi connectivity index (χ4v) is 2.27. The molecule has 5 N–H and O–H groups in total. The maximum Gasteiger partial charge on any atom is 0.319 e. The lowest BCUT2D eigenvalue weighted by atomic mass is 10.1. The van der Waals surface area contributed by atoms with E-state index in [1.807, 2.05) is 19.1 Å². The molecular formula is C18H20FN3O3. The molecule has 2 rings (SSSR count). The number of phenolic OH excluding ortho intramolecular Hbond substituents is 1. The van der Waals surface area contributed by atoms with Crippen LogP contribution in [-0.2, 0) is 6.42 Å². The van der Waals surface area contributed by atoms with Crippen LogP contribution in [0.1, 0.15) is 29.3 Å². The van der Waals surface area contributed by atoms with E-state index in [1.54, 1.807) is 12.1 Å². The van der Waals surface area contributed by atoms with E-state index in [-0.39, 0.29) is 23.0 Å². The second kappa shape index (κ2) is 8.14. The topological polar surface area (TPSA) is 104 Å². The Morgan fingerprint density at radius 3 is 2.52 bits per heavy atom. The van der Waals surface area contributed by atoms with Crippen LogP contribution in [0, 0.1) is 5.82 Å². The van der Waals surface area contributed by atoms with Gasteiger partial charge in [0.2, 0.25) is 5.91 Å². The number of carbonyl (C=O) groups is 2. The summed E-state index contributed by atoms with van der Waals surface area (Å²) in [5, 5.41) is 14.3. The molecule has 0 saturated carbocycles. The second-order valence-electron chi connectivity index (χ2n) is 5.76. The molecular weight excluding hydrogens is 325 g/mol. The minimum absolute atomic E-state index is 0.108. The van der Waals surface area contributed by atoms with Gasteiger partial charge in [-0.05, 0) is 55.7 Å². The number of anilines is 1. The maximum absolute atomic E-state index is 13.7. The lowest BCUT2D eigenvalue weighted by Crippen LogP contribution is -2.36. The van der Waals surface area contributed by atoms with Crippen molar-refractivity contribution in [1.29, 1.82) is 0 Å². The zero-order valence-corrected chi connectivity index (χ0v) is 13.8. The first-order valence-corrected chi connectivity index (χ1v) is 7.80. The number of urea groups is 1. The number of benzene rings is 2. The van der Waals surface area contributed by atoms with Crippen molar-refractivity contribution in [3.8, 4) is 5.75 Å². The molecule has 25 heavy (non-hydrogen) atoms. The number of carbonyl (C=O) groups excluding carboxylic acids is 2. The lowest BCUT2D eigenvalue weighted by molar-refractivity contribution is 0.1000. The number of nitrogens with one attached hydrogen (secondary N) is 2. The molecule has 1 unspecified atom stereocenters. The molecule has 3 amide bonds. The molecule has 1 atom stereocenters. The van der Waals surface area contributed by atoms with Gasteiger partial charge in [0.15, 0.2) is 0 Å². The minimum atomic E-state index is -0.703. The van der Waals surface area contributed by atoms with Crippen LogP contribution in [0.25, 0.3) is 0 Å². The first-order chi connectivity index (χ1) is 11.8. The van der Waals surface area contributed by atoms with Crippen LogP contribution in [0.2, 0.25) is 0 Å². The summed E-state index contributed by atoms with van der Waals surface area (Å²) < 4.78 is 13.7. The van der Waals surface area contributed by atoms with E-state index < -0.39 is 17.8 Å². The predicted molar refractivity (Wildman–Crippen MR) is 93.0 cm³/mol. The average molecular weight is 345 g/mol. The molecule has 0 aromatic heterocycles. The van der Waals surface area contributed by atoms with E-state index in [2.05, 4.69) is 10.6 Å². The third-order valence-corrected chi connectivity index (χ3v) is 3.68. The maximum atomic E-state index is 13.7. The smallest absolute Gasteiger partial charge is 0.319 e. The molecule has 0 saturated heterocycles. The number of hydrogen-bond donors (Lipinski definition) is 4. The van der Waals surface area contributed by atoms with E-state index in [9.17, 15) is 19.1 Å². The van der Waals surface area contributed by atoms with Crippen molar-refractivity contribution >= 4 is 17.6 Å². The molecule has 0 radical (unpaired) electrons. The molecule has 2 aromatic rings. The molecule has 0 bridgehead atoms. The van der Waals surface area contributed by atoms with Crippen LogP contribution in [0.3, 0.4) is 0 Å². The van der Waals surface area contributed by atoms with Crippen LogP contribution in [0.15, 0.2) is 42.5 Å². The van der Waals surface area contributed by atoms with Gasteiger partial charge in [0.1, 0.15) is 11.6 Å². The molecule has 0 aliphatic carbocycles. The summed E-state index contributed by atoms with van der Waals surface area (Å²) in [6.07, 6.45) is 1.38. The Labute approximate surface area is 144 Å². The van der Waals surface area contributed by atoms with Gasteiger partial charge >= 0.3 is 6.03 Å². The summed E-state index contributed by atoms with van der Waals surface area (Å²) in [7, 11) is 0. The third-order valence-electron chi connectivity index (χ3n) is 3.68. The molecule has 2 aromatic carbocycles. The van der Waals surface area contributed by atoms with E-state index in [0.29, 0.717) is 12.8 Å². The highest BCUT2D eigenvalue weighted by Gasteiger charge is 2.12. The molecule has 0 aliphatic rings. The number of aryl methyl sites for hydroxylation is 1. The fraction of sp³-hybridized carbons (Fsp3) is 0.222. The Morgan fingerprint density at radius 2 is 1.88 bits per heavy atom. The quantitative estimate of drug-likeness (QED) is 0.647. The first kappa shape index (κ1) is 18.3. The Hall–Kier alpha value is -3.09. The molecule has 0 aliphatic heterocycles. The summed E-state index contributed by atoms with van der Waals surface area (Å²) >= 11 is 0. The number of nitrogens with two attached hydrogens (primary N) is 1. The van der Waals surface area contributed by atoms with E-state index in [4.69, 9.17) is 5.73 Å². The van der Waals surface area contributed by atoms with Crippen LogP contribution < -0.4 is 16.4 Å². The van der Waals surface area contributed by atoms with Crippen molar-refractivity contribution in [3.63, 3.8) is 0 Å². The van der Waals surface area contributed by atoms with Gasteiger partial charge in [0, 0.05) is 11.6 Å². The molecule has 6 nitrogen and oxygen atoms in total. The van der Waals surface area contributed by atoms with Gasteiger partial charge in [-0.15, -0.1) is 0 Å². The standard InChI is InChI=1S/C18H20FN3O3/c1-11(2-3-12-4-7-14(23)8-5-12)21-18(25)22-16-10-13(17(20)24)6-9-15(16)19/h4-11,23H,2-3H2,1H3,(H2,20,24)(H2,21,22,25). The van der Waals surface area contributed by atoms with Crippen molar-refractivity contribution in [2.45, 2.75) is 25.8 Å². The highest BCUT2D eigenvalue weighted by Crippen LogP contribution is 2.16. The molecule has 0 fully saturated rings. The summed E-state index contributed by atoms with van der Waals surface area (Å²) in [4.78, 5) is 23.1. The minimum Gasteiger partial charge on any atom is -0.508 e. The molecule has 0 spiro atoms. The highest BCUT2D eigenvalue weighted by atomic mass is 19.1. The highest BCUT2D eigenvalue weighted by molar-refractivity contribution is 5.96. The molecule has 0 heterocycles. The van der Waals surface area contributed by atoms with Crippen molar-refractivity contribution in [2.24, 2.45) is 5.73 Å². The second-order valence-corrected chi connectivity index (χ2v) is 5.76. The Kier molecular flexibility index (Phi) is 5.94. The van der Waals surface area contributed by atoms with E-state index in [0.717, 1.165) is 11.6 Å². The summed E-state index contributed by atoms with van der Waals surface area (Å²) in [6, 6.07) is 9.63. The summed E-state index contributed by atoms with van der Waals surface area (Å²) in [6.45, 7) is 1.83. The van der Waals surface area contributed by atoms with Gasteiger partial charge in [-0.1, -0.05) is 12.1 Å². The predicted octanol–water partition coefficient (Wildman–Crippen LogP) is 2.77. The van der Waals surface area contributed by atoms with Crippen molar-refractivity contribution < 1.29 is 19.1 Å². The Morgan fingerprint density at radius 1 is 1.20 bits per heavy atom. The Bertz CT molecular complexity index is 763. The van der Waals surface area contributed by atoms with Crippen LogP contribution in [0.5, 0.6) is 5.75 Å².